The number of hydrogen-bond donors (Lipinski definition) is 1. The predicted octanol–water partition coefficient (Wildman–Crippen LogP) is 2.11. The molecule has 0 amide bonds. The number of aliphatic hydroxyl groups excluding tert-OH is 1. The summed E-state index contributed by atoms with van der Waals surface area (Å²) in [6.45, 7) is 0.658. The largest absolute Gasteiger partial charge is 0.389 e. The quantitative estimate of drug-likeness (QED) is 0.530. The van der Waals surface area contributed by atoms with Gasteiger partial charge in [-0.15, -0.1) is 0 Å². The highest BCUT2D eigenvalue weighted by molar-refractivity contribution is 6.30. The zero-order valence-electron chi connectivity index (χ0n) is 16.8. The number of aromatic nitrogens is 4. The minimum Gasteiger partial charge on any atom is -0.389 e. The monoisotopic (exact) mass is 437 g/mol. The Kier molecular flexibility index (Phi) is 4.68. The number of hydrogen-bond acceptors (Lipinski definition) is 5. The molecule has 3 heterocycles. The Morgan fingerprint density at radius 1 is 1.10 bits per heavy atom. The lowest BCUT2D eigenvalue weighted by Gasteiger charge is -2.32. The Hall–Kier alpha value is -3.36. The molecule has 2 aromatic carbocycles. The van der Waals surface area contributed by atoms with E-state index in [0.717, 1.165) is 11.3 Å². The Balaban J connectivity index is 1.73. The van der Waals surface area contributed by atoms with Crippen LogP contribution in [0.1, 0.15) is 5.56 Å². The van der Waals surface area contributed by atoms with Crippen molar-refractivity contribution in [2.24, 2.45) is 7.05 Å². The fourth-order valence-electron chi connectivity index (χ4n) is 4.09. The van der Waals surface area contributed by atoms with Crippen LogP contribution in [-0.2, 0) is 20.1 Å². The van der Waals surface area contributed by atoms with E-state index in [1.165, 1.54) is 9.13 Å². The third kappa shape index (κ3) is 3.24. The highest BCUT2D eigenvalue weighted by Gasteiger charge is 2.30. The number of halogens is 1. The molecule has 0 radical (unpaired) electrons. The van der Waals surface area contributed by atoms with Gasteiger partial charge in [-0.05, 0) is 29.8 Å². The van der Waals surface area contributed by atoms with Crippen LogP contribution in [-0.4, -0.2) is 36.4 Å². The minimum atomic E-state index is -0.692. The van der Waals surface area contributed by atoms with Crippen LogP contribution in [0.5, 0.6) is 0 Å². The van der Waals surface area contributed by atoms with Crippen molar-refractivity contribution in [2.75, 3.05) is 11.4 Å². The second-order valence-electron chi connectivity index (χ2n) is 7.66. The molecule has 0 saturated carbocycles. The molecule has 31 heavy (non-hydrogen) atoms. The minimum absolute atomic E-state index is 0.0907. The smallest absolute Gasteiger partial charge is 0.332 e. The molecule has 9 heteroatoms. The van der Waals surface area contributed by atoms with E-state index in [0.29, 0.717) is 28.7 Å². The predicted molar refractivity (Wildman–Crippen MR) is 119 cm³/mol. The van der Waals surface area contributed by atoms with E-state index in [1.54, 1.807) is 29.8 Å². The summed E-state index contributed by atoms with van der Waals surface area (Å²) >= 11 is 6.07. The van der Waals surface area contributed by atoms with E-state index < -0.39 is 17.4 Å². The number of aryl methyl sites for hydroxylation is 1. The molecule has 0 saturated heterocycles. The van der Waals surface area contributed by atoms with Crippen molar-refractivity contribution in [3.05, 3.63) is 86.0 Å². The van der Waals surface area contributed by atoms with Crippen molar-refractivity contribution in [1.29, 1.82) is 0 Å². The van der Waals surface area contributed by atoms with Gasteiger partial charge in [0.25, 0.3) is 5.56 Å². The molecule has 1 aliphatic rings. The van der Waals surface area contributed by atoms with Gasteiger partial charge >= 0.3 is 5.69 Å². The standard InChI is InChI=1S/C22H20ClN5O3/c1-25-19-18(20(30)28(22(25)31)11-14-6-5-7-15(23)10-14)27-13-17(29)12-26(21(27)24-19)16-8-3-2-4-9-16/h2-10,17,29H,11-13H2,1H3/t17-/m0/s1. The number of β-amino-alcohol motifs (C(OH)–C–C–N with tert-alkyl or cyclic N) is 1. The van der Waals surface area contributed by atoms with Crippen LogP contribution in [0.4, 0.5) is 11.6 Å². The maximum atomic E-state index is 13.4. The average Bonchev–Trinajstić information content (AvgIpc) is 3.15. The van der Waals surface area contributed by atoms with Gasteiger partial charge in [0.05, 0.1) is 25.7 Å². The van der Waals surface area contributed by atoms with Crippen LogP contribution in [0.3, 0.4) is 0 Å². The van der Waals surface area contributed by atoms with Gasteiger partial charge in [-0.3, -0.25) is 13.9 Å². The van der Waals surface area contributed by atoms with Gasteiger partial charge in [-0.1, -0.05) is 41.9 Å². The summed E-state index contributed by atoms with van der Waals surface area (Å²) in [6.07, 6.45) is -0.692. The molecule has 0 aliphatic carbocycles. The first-order valence-corrected chi connectivity index (χ1v) is 10.3. The zero-order valence-corrected chi connectivity index (χ0v) is 17.5. The van der Waals surface area contributed by atoms with E-state index in [2.05, 4.69) is 4.98 Å². The normalized spacial score (nSPS) is 16.0. The third-order valence-electron chi connectivity index (χ3n) is 5.54. The number of fused-ring (bicyclic) bond motifs is 3. The lowest BCUT2D eigenvalue weighted by molar-refractivity contribution is 0.154. The maximum Gasteiger partial charge on any atom is 0.332 e. The Labute approximate surface area is 182 Å². The Bertz CT molecular complexity index is 1410. The van der Waals surface area contributed by atoms with E-state index >= 15 is 0 Å². The molecular weight excluding hydrogens is 418 g/mol. The van der Waals surface area contributed by atoms with E-state index in [-0.39, 0.29) is 13.1 Å². The van der Waals surface area contributed by atoms with Gasteiger partial charge in [0.2, 0.25) is 5.95 Å². The average molecular weight is 438 g/mol. The summed E-state index contributed by atoms with van der Waals surface area (Å²) in [6, 6.07) is 16.6. The first-order chi connectivity index (χ1) is 14.9. The van der Waals surface area contributed by atoms with Crippen LogP contribution in [0.25, 0.3) is 11.2 Å². The highest BCUT2D eigenvalue weighted by Crippen LogP contribution is 2.30. The number of imidazole rings is 1. The molecule has 0 unspecified atom stereocenters. The van der Waals surface area contributed by atoms with Crippen LogP contribution in [0, 0.1) is 0 Å². The summed E-state index contributed by atoms with van der Waals surface area (Å²) in [4.78, 5) is 32.9. The fraction of sp³-hybridized carbons (Fsp3) is 0.227. The van der Waals surface area contributed by atoms with Gasteiger partial charge in [-0.25, -0.2) is 4.79 Å². The van der Waals surface area contributed by atoms with Crippen LogP contribution in [0.2, 0.25) is 5.02 Å². The van der Waals surface area contributed by atoms with Gasteiger partial charge in [0.15, 0.2) is 11.2 Å². The van der Waals surface area contributed by atoms with Crippen LogP contribution >= 0.6 is 11.6 Å². The first-order valence-electron chi connectivity index (χ1n) is 9.89. The van der Waals surface area contributed by atoms with Crippen molar-refractivity contribution < 1.29 is 5.11 Å². The number of benzene rings is 2. The second kappa shape index (κ2) is 7.40. The van der Waals surface area contributed by atoms with Gasteiger partial charge in [0.1, 0.15) is 0 Å². The van der Waals surface area contributed by atoms with Crippen LogP contribution < -0.4 is 16.1 Å². The van der Waals surface area contributed by atoms with Gasteiger partial charge in [-0.2, -0.15) is 4.98 Å². The SMILES string of the molecule is Cn1c(=O)n(Cc2cccc(Cl)c2)c(=O)c2c1nc1n2C[C@@H](O)CN1c1ccccc1. The van der Waals surface area contributed by atoms with Gasteiger partial charge in [0, 0.05) is 17.8 Å². The molecule has 1 aliphatic heterocycles. The molecule has 0 bridgehead atoms. The second-order valence-corrected chi connectivity index (χ2v) is 8.09. The summed E-state index contributed by atoms with van der Waals surface area (Å²) in [5.41, 5.74) is 1.28. The Morgan fingerprint density at radius 2 is 1.87 bits per heavy atom. The van der Waals surface area contributed by atoms with Crippen molar-refractivity contribution >= 4 is 34.4 Å². The molecule has 1 N–H and O–H groups in total. The number of rotatable bonds is 3. The molecule has 5 rings (SSSR count). The molecule has 158 valence electrons. The van der Waals surface area contributed by atoms with Crippen molar-refractivity contribution in [3.8, 4) is 0 Å². The topological polar surface area (TPSA) is 85.3 Å². The summed E-state index contributed by atoms with van der Waals surface area (Å²) in [7, 11) is 1.60. The third-order valence-corrected chi connectivity index (χ3v) is 5.77. The molecule has 8 nitrogen and oxygen atoms in total. The van der Waals surface area contributed by atoms with E-state index in [1.807, 2.05) is 41.3 Å². The summed E-state index contributed by atoms with van der Waals surface area (Å²) in [5, 5.41) is 11.1. The van der Waals surface area contributed by atoms with E-state index in [9.17, 15) is 14.7 Å². The maximum absolute atomic E-state index is 13.4. The number of para-hydroxylation sites is 1. The van der Waals surface area contributed by atoms with Crippen molar-refractivity contribution in [3.63, 3.8) is 0 Å². The van der Waals surface area contributed by atoms with Gasteiger partial charge < -0.3 is 14.6 Å². The van der Waals surface area contributed by atoms with Crippen molar-refractivity contribution in [1.82, 2.24) is 18.7 Å². The summed E-state index contributed by atoms with van der Waals surface area (Å²) in [5.74, 6) is 0.527. The molecule has 4 aromatic rings. The number of anilines is 2. The molecular formula is C22H20ClN5O3. The number of aliphatic hydroxyl groups is 1. The Morgan fingerprint density at radius 3 is 2.61 bits per heavy atom. The first kappa shape index (κ1) is 19.6. The zero-order chi connectivity index (χ0) is 21.7. The molecule has 0 spiro atoms. The fourth-order valence-corrected chi connectivity index (χ4v) is 4.30. The van der Waals surface area contributed by atoms with E-state index in [4.69, 9.17) is 11.6 Å². The van der Waals surface area contributed by atoms with Crippen molar-refractivity contribution in [2.45, 2.75) is 19.2 Å². The summed E-state index contributed by atoms with van der Waals surface area (Å²) < 4.78 is 4.26. The molecule has 1 atom stereocenters. The number of nitrogens with zero attached hydrogens (tertiary/aromatic N) is 5. The highest BCUT2D eigenvalue weighted by atomic mass is 35.5. The van der Waals surface area contributed by atoms with Crippen LogP contribution in [0.15, 0.2) is 64.2 Å². The lowest BCUT2D eigenvalue weighted by Crippen LogP contribution is -2.41. The lowest BCUT2D eigenvalue weighted by atomic mass is 10.2. The molecule has 0 fully saturated rings. The molecule has 2 aromatic heterocycles.